The van der Waals surface area contributed by atoms with Gasteiger partial charge < -0.3 is 10.0 Å². The van der Waals surface area contributed by atoms with Crippen LogP contribution in [0, 0.1) is 11.8 Å². The highest BCUT2D eigenvalue weighted by Crippen LogP contribution is 2.33. The minimum absolute atomic E-state index is 0.00702. The maximum atomic E-state index is 12.5. The predicted molar refractivity (Wildman–Crippen MR) is 76.1 cm³/mol. The van der Waals surface area contributed by atoms with Crippen molar-refractivity contribution in [2.45, 2.75) is 32.2 Å². The van der Waals surface area contributed by atoms with Crippen molar-refractivity contribution in [3.05, 3.63) is 35.9 Å². The van der Waals surface area contributed by atoms with Gasteiger partial charge in [-0.3, -0.25) is 9.59 Å². The molecule has 0 aromatic heterocycles. The van der Waals surface area contributed by atoms with Gasteiger partial charge in [-0.25, -0.2) is 0 Å². The Morgan fingerprint density at radius 3 is 2.35 bits per heavy atom. The van der Waals surface area contributed by atoms with Crippen LogP contribution in [0.4, 0.5) is 0 Å². The molecule has 0 heterocycles. The molecule has 0 saturated heterocycles. The molecule has 1 fully saturated rings. The summed E-state index contributed by atoms with van der Waals surface area (Å²) in [4.78, 5) is 25.2. The summed E-state index contributed by atoms with van der Waals surface area (Å²) in [5.74, 6) is -1.22. The number of hydrogen-bond donors (Lipinski definition) is 1. The second-order valence-corrected chi connectivity index (χ2v) is 5.58. The first kappa shape index (κ1) is 14.6. The molecule has 3 atom stereocenters. The first-order valence-electron chi connectivity index (χ1n) is 7.05. The number of nitrogens with zero attached hydrogens (tertiary/aromatic N) is 1. The molecule has 0 aliphatic heterocycles. The molecule has 20 heavy (non-hydrogen) atoms. The number of carboxylic acid groups (broad SMARTS) is 1. The van der Waals surface area contributed by atoms with Gasteiger partial charge in [0.15, 0.2) is 0 Å². The molecular formula is C16H21NO3. The van der Waals surface area contributed by atoms with Crippen molar-refractivity contribution in [2.24, 2.45) is 11.8 Å². The van der Waals surface area contributed by atoms with E-state index in [1.807, 2.05) is 37.3 Å². The van der Waals surface area contributed by atoms with Crippen molar-refractivity contribution in [3.63, 3.8) is 0 Å². The van der Waals surface area contributed by atoms with Crippen LogP contribution >= 0.6 is 0 Å². The van der Waals surface area contributed by atoms with Gasteiger partial charge >= 0.3 is 5.97 Å². The van der Waals surface area contributed by atoms with Crippen LogP contribution in [0.2, 0.25) is 0 Å². The molecule has 1 aliphatic rings. The van der Waals surface area contributed by atoms with Crippen LogP contribution in [0.15, 0.2) is 30.3 Å². The topological polar surface area (TPSA) is 57.6 Å². The Kier molecular flexibility index (Phi) is 4.42. The smallest absolute Gasteiger partial charge is 0.306 e. The Hall–Kier alpha value is -1.84. The van der Waals surface area contributed by atoms with Gasteiger partial charge in [0.25, 0.3) is 0 Å². The van der Waals surface area contributed by atoms with E-state index >= 15 is 0 Å². The second-order valence-electron chi connectivity index (χ2n) is 5.58. The lowest BCUT2D eigenvalue weighted by molar-refractivity contribution is -0.141. The number of carbonyl (C=O) groups excluding carboxylic acids is 1. The predicted octanol–water partition coefficient (Wildman–Crippen LogP) is 2.71. The fourth-order valence-electron chi connectivity index (χ4n) is 2.86. The molecule has 1 N–H and O–H groups in total. The largest absolute Gasteiger partial charge is 0.481 e. The van der Waals surface area contributed by atoms with E-state index < -0.39 is 5.97 Å². The third-order valence-electron chi connectivity index (χ3n) is 4.34. The van der Waals surface area contributed by atoms with Gasteiger partial charge in [-0.05, 0) is 31.7 Å². The standard InChI is InChI=1S/C16H21NO3/c1-11(12-6-4-3-5-7-12)17(2)15(18)13-8-9-14(10-13)16(19)20/h3-7,11,13-14H,8-10H2,1-2H3,(H,19,20)/t11?,13-,14+/m1/s1. The number of amides is 1. The third-order valence-corrected chi connectivity index (χ3v) is 4.34. The van der Waals surface area contributed by atoms with E-state index in [-0.39, 0.29) is 23.8 Å². The lowest BCUT2D eigenvalue weighted by Gasteiger charge is -2.28. The highest BCUT2D eigenvalue weighted by atomic mass is 16.4. The van der Waals surface area contributed by atoms with E-state index in [1.54, 1.807) is 11.9 Å². The summed E-state index contributed by atoms with van der Waals surface area (Å²) in [7, 11) is 1.80. The second kappa shape index (κ2) is 6.07. The third kappa shape index (κ3) is 3.00. The number of benzene rings is 1. The van der Waals surface area contributed by atoms with Gasteiger partial charge in [0.1, 0.15) is 0 Å². The van der Waals surface area contributed by atoms with Crippen molar-refractivity contribution in [1.29, 1.82) is 0 Å². The molecule has 1 aliphatic carbocycles. The van der Waals surface area contributed by atoms with Gasteiger partial charge in [0, 0.05) is 13.0 Å². The van der Waals surface area contributed by atoms with Crippen LogP contribution < -0.4 is 0 Å². The van der Waals surface area contributed by atoms with Crippen LogP contribution in [-0.4, -0.2) is 28.9 Å². The summed E-state index contributed by atoms with van der Waals surface area (Å²) in [6.45, 7) is 2.00. The summed E-state index contributed by atoms with van der Waals surface area (Å²) in [5, 5.41) is 9.01. The Labute approximate surface area is 119 Å². The highest BCUT2D eigenvalue weighted by molar-refractivity contribution is 5.81. The fourth-order valence-corrected chi connectivity index (χ4v) is 2.86. The molecule has 4 heteroatoms. The molecular weight excluding hydrogens is 254 g/mol. The molecule has 1 aromatic carbocycles. The van der Waals surface area contributed by atoms with E-state index in [1.165, 1.54) is 0 Å². The van der Waals surface area contributed by atoms with Crippen LogP contribution in [0.25, 0.3) is 0 Å². The van der Waals surface area contributed by atoms with Gasteiger partial charge in [-0.15, -0.1) is 0 Å². The Balaban J connectivity index is 2.01. The Morgan fingerprint density at radius 1 is 1.20 bits per heavy atom. The average molecular weight is 275 g/mol. The fraction of sp³-hybridized carbons (Fsp3) is 0.500. The molecule has 108 valence electrons. The van der Waals surface area contributed by atoms with Crippen molar-refractivity contribution >= 4 is 11.9 Å². The van der Waals surface area contributed by atoms with E-state index in [2.05, 4.69) is 0 Å². The quantitative estimate of drug-likeness (QED) is 0.919. The zero-order valence-electron chi connectivity index (χ0n) is 12.0. The maximum absolute atomic E-state index is 12.5. The highest BCUT2D eigenvalue weighted by Gasteiger charge is 2.36. The molecule has 0 bridgehead atoms. The van der Waals surface area contributed by atoms with Crippen LogP contribution in [0.1, 0.15) is 37.8 Å². The monoisotopic (exact) mass is 275 g/mol. The number of carbonyl (C=O) groups is 2. The lowest BCUT2D eigenvalue weighted by Crippen LogP contribution is -2.34. The van der Waals surface area contributed by atoms with E-state index in [0.717, 1.165) is 5.56 Å². The molecule has 1 amide bonds. The van der Waals surface area contributed by atoms with Crippen molar-refractivity contribution in [1.82, 2.24) is 4.90 Å². The average Bonchev–Trinajstić information content (AvgIpc) is 2.96. The van der Waals surface area contributed by atoms with Gasteiger partial charge in [0.05, 0.1) is 12.0 Å². The number of hydrogen-bond acceptors (Lipinski definition) is 2. The lowest BCUT2D eigenvalue weighted by atomic mass is 10.0. The van der Waals surface area contributed by atoms with E-state index in [9.17, 15) is 9.59 Å². The Bertz CT molecular complexity index is 486. The number of rotatable bonds is 4. The van der Waals surface area contributed by atoms with Crippen molar-refractivity contribution in [3.8, 4) is 0 Å². The minimum Gasteiger partial charge on any atom is -0.481 e. The van der Waals surface area contributed by atoms with Gasteiger partial charge in [-0.1, -0.05) is 30.3 Å². The summed E-state index contributed by atoms with van der Waals surface area (Å²) < 4.78 is 0. The molecule has 1 saturated carbocycles. The van der Waals surface area contributed by atoms with Crippen molar-refractivity contribution < 1.29 is 14.7 Å². The zero-order valence-corrected chi connectivity index (χ0v) is 12.0. The summed E-state index contributed by atoms with van der Waals surface area (Å²) in [5.41, 5.74) is 1.09. The first-order chi connectivity index (χ1) is 9.50. The van der Waals surface area contributed by atoms with E-state index in [4.69, 9.17) is 5.11 Å². The molecule has 0 radical (unpaired) electrons. The summed E-state index contributed by atoms with van der Waals surface area (Å²) in [6, 6.07) is 9.88. The van der Waals surface area contributed by atoms with Gasteiger partial charge in [0.2, 0.25) is 5.91 Å². The maximum Gasteiger partial charge on any atom is 0.306 e. The van der Waals surface area contributed by atoms with Gasteiger partial charge in [-0.2, -0.15) is 0 Å². The van der Waals surface area contributed by atoms with Crippen LogP contribution in [-0.2, 0) is 9.59 Å². The molecule has 1 unspecified atom stereocenters. The Morgan fingerprint density at radius 2 is 1.80 bits per heavy atom. The summed E-state index contributed by atoms with van der Waals surface area (Å²) in [6.07, 6.45) is 1.76. The zero-order chi connectivity index (χ0) is 14.7. The first-order valence-corrected chi connectivity index (χ1v) is 7.05. The van der Waals surface area contributed by atoms with E-state index in [0.29, 0.717) is 19.3 Å². The minimum atomic E-state index is -0.779. The van der Waals surface area contributed by atoms with Crippen molar-refractivity contribution in [2.75, 3.05) is 7.05 Å². The summed E-state index contributed by atoms with van der Waals surface area (Å²) >= 11 is 0. The molecule has 1 aromatic rings. The van der Waals surface area contributed by atoms with Crippen LogP contribution in [0.3, 0.4) is 0 Å². The normalized spacial score (nSPS) is 23.3. The molecule has 0 spiro atoms. The number of aliphatic carboxylic acids is 1. The SMILES string of the molecule is CC(c1ccccc1)N(C)C(=O)[C@@H]1CC[C@H](C(=O)O)C1. The molecule has 4 nitrogen and oxygen atoms in total. The molecule has 2 rings (SSSR count). The number of carboxylic acids is 1. The van der Waals surface area contributed by atoms with Crippen LogP contribution in [0.5, 0.6) is 0 Å².